The van der Waals surface area contributed by atoms with Gasteiger partial charge in [0.15, 0.2) is 6.10 Å². The molecule has 0 bridgehead atoms. The van der Waals surface area contributed by atoms with E-state index in [1.54, 1.807) is 20.8 Å². The van der Waals surface area contributed by atoms with Crippen molar-refractivity contribution in [1.29, 1.82) is 0 Å². The first-order valence-electron chi connectivity index (χ1n) is 14.9. The molecular weight excluding hydrogens is 538 g/mol. The van der Waals surface area contributed by atoms with Crippen molar-refractivity contribution < 1.29 is 33.4 Å². The van der Waals surface area contributed by atoms with Crippen molar-refractivity contribution in [3.63, 3.8) is 0 Å². The van der Waals surface area contributed by atoms with Crippen molar-refractivity contribution in [1.82, 2.24) is 15.5 Å². The predicted octanol–water partition coefficient (Wildman–Crippen LogP) is 4.04. The van der Waals surface area contributed by atoms with Crippen molar-refractivity contribution in [3.8, 4) is 0 Å². The maximum Gasteiger partial charge on any atom is 0.509 e. The molecule has 3 amide bonds. The van der Waals surface area contributed by atoms with Crippen molar-refractivity contribution in [3.05, 3.63) is 48.6 Å². The number of ether oxygens (including phenoxy) is 2. The number of hydrogen-bond donors (Lipinski definition) is 2. The number of ketones is 1. The molecule has 0 spiro atoms. The third-order valence-corrected chi connectivity index (χ3v) is 7.66. The van der Waals surface area contributed by atoms with Crippen LogP contribution in [-0.4, -0.2) is 71.4 Å². The molecule has 0 radical (unpaired) electrons. The van der Waals surface area contributed by atoms with Gasteiger partial charge in [-0.05, 0) is 45.6 Å². The Morgan fingerprint density at radius 3 is 2.33 bits per heavy atom. The second kappa shape index (κ2) is 15.0. The van der Waals surface area contributed by atoms with E-state index in [2.05, 4.69) is 17.2 Å². The summed E-state index contributed by atoms with van der Waals surface area (Å²) in [6.07, 6.45) is 4.57. The number of amides is 3. The Bertz CT molecular complexity index is 1120. The molecule has 4 unspecified atom stereocenters. The molecule has 1 aromatic carbocycles. The van der Waals surface area contributed by atoms with Crippen molar-refractivity contribution in [2.75, 3.05) is 13.1 Å². The van der Waals surface area contributed by atoms with Gasteiger partial charge in [0, 0.05) is 24.9 Å². The Balaban J connectivity index is 1.87. The Morgan fingerprint density at radius 1 is 1.07 bits per heavy atom. The molecular formula is C32H45N3O7. The van der Waals surface area contributed by atoms with Crippen LogP contribution in [0.15, 0.2) is 43.0 Å². The molecule has 1 aliphatic carbocycles. The largest absolute Gasteiger partial charge is 0.509 e. The lowest BCUT2D eigenvalue weighted by atomic mass is 9.79. The van der Waals surface area contributed by atoms with E-state index in [0.717, 1.165) is 37.7 Å². The van der Waals surface area contributed by atoms with E-state index < -0.39 is 53.4 Å². The third-order valence-electron chi connectivity index (χ3n) is 7.66. The molecule has 10 heteroatoms. The maximum absolute atomic E-state index is 14.1. The molecule has 10 nitrogen and oxygen atoms in total. The summed E-state index contributed by atoms with van der Waals surface area (Å²) in [5.41, 5.74) is 0.0687. The highest BCUT2D eigenvalue weighted by atomic mass is 16.7. The summed E-state index contributed by atoms with van der Waals surface area (Å²) in [5.74, 6) is -3.09. The smallest absolute Gasteiger partial charge is 0.429 e. The van der Waals surface area contributed by atoms with E-state index >= 15 is 0 Å². The summed E-state index contributed by atoms with van der Waals surface area (Å²) in [4.78, 5) is 67.3. The molecule has 1 saturated carbocycles. The van der Waals surface area contributed by atoms with Crippen LogP contribution in [0.2, 0.25) is 0 Å². The van der Waals surface area contributed by atoms with Gasteiger partial charge in [0.25, 0.3) is 11.8 Å². The number of nitrogens with zero attached hydrogens (tertiary/aromatic N) is 1. The molecule has 2 N–H and O–H groups in total. The Morgan fingerprint density at radius 2 is 1.74 bits per heavy atom. The average Bonchev–Trinajstić information content (AvgIpc) is 2.93. The fourth-order valence-electron chi connectivity index (χ4n) is 5.59. The average molecular weight is 584 g/mol. The van der Waals surface area contributed by atoms with Gasteiger partial charge in [0.1, 0.15) is 11.6 Å². The topological polar surface area (TPSA) is 131 Å². The van der Waals surface area contributed by atoms with Crippen LogP contribution >= 0.6 is 0 Å². The first kappa shape index (κ1) is 32.8. The standard InChI is InChI=1S/C32H45N3O7/c1-6-14-24(26(36)29(38)33-19-7-2)34-28(37)25-23(21-15-10-8-11-16-21)20-35(25)30(39)27(22-17-12-9-13-18-22)41-31(40)42-32(3,4)5/h7-8,10-11,15-16,22-25,27H,2,6,9,12-14,17-20H2,1,3-5H3,(H,33,38)(H,34,37). The van der Waals surface area contributed by atoms with Crippen LogP contribution in [0.4, 0.5) is 4.79 Å². The van der Waals surface area contributed by atoms with Crippen LogP contribution in [0.1, 0.15) is 84.1 Å². The number of carbonyl (C=O) groups is 5. The van der Waals surface area contributed by atoms with Gasteiger partial charge in [0.2, 0.25) is 11.7 Å². The molecule has 230 valence electrons. The van der Waals surface area contributed by atoms with E-state index in [9.17, 15) is 24.0 Å². The Hall–Kier alpha value is -3.69. The van der Waals surface area contributed by atoms with E-state index in [0.29, 0.717) is 6.42 Å². The monoisotopic (exact) mass is 583 g/mol. The van der Waals surface area contributed by atoms with Gasteiger partial charge in [-0.3, -0.25) is 19.2 Å². The van der Waals surface area contributed by atoms with Gasteiger partial charge in [-0.15, -0.1) is 6.58 Å². The van der Waals surface area contributed by atoms with E-state index in [4.69, 9.17) is 9.47 Å². The summed E-state index contributed by atoms with van der Waals surface area (Å²) < 4.78 is 11.1. The zero-order valence-electron chi connectivity index (χ0n) is 25.2. The van der Waals surface area contributed by atoms with Crippen molar-refractivity contribution >= 4 is 29.7 Å². The number of hydrogen-bond acceptors (Lipinski definition) is 7. The number of rotatable bonds is 12. The lowest BCUT2D eigenvalue weighted by molar-refractivity contribution is -0.161. The van der Waals surface area contributed by atoms with E-state index in [-0.39, 0.29) is 31.3 Å². The predicted molar refractivity (Wildman–Crippen MR) is 157 cm³/mol. The Kier molecular flexibility index (Phi) is 11.7. The minimum Gasteiger partial charge on any atom is -0.429 e. The number of carbonyl (C=O) groups excluding carboxylic acids is 5. The summed E-state index contributed by atoms with van der Waals surface area (Å²) in [7, 11) is 0. The molecule has 1 aromatic rings. The molecule has 2 fully saturated rings. The van der Waals surface area contributed by atoms with Gasteiger partial charge >= 0.3 is 6.16 Å². The molecule has 42 heavy (non-hydrogen) atoms. The lowest BCUT2D eigenvalue weighted by Crippen LogP contribution is -2.67. The summed E-state index contributed by atoms with van der Waals surface area (Å²) >= 11 is 0. The van der Waals surface area contributed by atoms with Crippen molar-refractivity contribution in [2.24, 2.45) is 5.92 Å². The highest BCUT2D eigenvalue weighted by molar-refractivity contribution is 6.38. The first-order valence-corrected chi connectivity index (χ1v) is 14.9. The van der Waals surface area contributed by atoms with Crippen LogP contribution in [-0.2, 0) is 28.7 Å². The van der Waals surface area contributed by atoms with Gasteiger partial charge in [-0.1, -0.05) is 69.0 Å². The maximum atomic E-state index is 14.1. The molecule has 1 saturated heterocycles. The normalized spacial score (nSPS) is 20.3. The highest BCUT2D eigenvalue weighted by Crippen LogP contribution is 2.38. The first-order chi connectivity index (χ1) is 20.0. The summed E-state index contributed by atoms with van der Waals surface area (Å²) in [5, 5.41) is 5.22. The van der Waals surface area contributed by atoms with Crippen LogP contribution in [0.5, 0.6) is 0 Å². The molecule has 4 atom stereocenters. The fourth-order valence-corrected chi connectivity index (χ4v) is 5.59. The molecule has 1 aliphatic heterocycles. The molecule has 2 aliphatic rings. The zero-order chi connectivity index (χ0) is 30.9. The molecule has 1 heterocycles. The van der Waals surface area contributed by atoms with Gasteiger partial charge in [0.05, 0.1) is 6.04 Å². The van der Waals surface area contributed by atoms with Crippen molar-refractivity contribution in [2.45, 2.75) is 102 Å². The minimum atomic E-state index is -1.09. The molecule has 0 aromatic heterocycles. The second-order valence-corrected chi connectivity index (χ2v) is 12.1. The Labute approximate surface area is 248 Å². The van der Waals surface area contributed by atoms with Crippen LogP contribution < -0.4 is 10.6 Å². The molecule has 3 rings (SSSR count). The van der Waals surface area contributed by atoms with Crippen LogP contribution in [0.3, 0.4) is 0 Å². The third kappa shape index (κ3) is 8.66. The van der Waals surface area contributed by atoms with Gasteiger partial charge in [-0.25, -0.2) is 4.79 Å². The number of likely N-dealkylation sites (tertiary alicyclic amines) is 1. The SMILES string of the molecule is C=CCNC(=O)C(=O)C(CCC)NC(=O)C1C(c2ccccc2)CN1C(=O)C(OC(=O)OC(C)(C)C)C1CCCCC1. The lowest BCUT2D eigenvalue weighted by Gasteiger charge is -2.49. The van der Waals surface area contributed by atoms with Crippen LogP contribution in [0, 0.1) is 5.92 Å². The van der Waals surface area contributed by atoms with Crippen LogP contribution in [0.25, 0.3) is 0 Å². The number of nitrogens with one attached hydrogen (secondary N) is 2. The quantitative estimate of drug-likeness (QED) is 0.216. The second-order valence-electron chi connectivity index (χ2n) is 12.1. The van der Waals surface area contributed by atoms with E-state index in [1.807, 2.05) is 37.3 Å². The highest BCUT2D eigenvalue weighted by Gasteiger charge is 2.51. The fraction of sp³-hybridized carbons (Fsp3) is 0.594. The zero-order valence-corrected chi connectivity index (χ0v) is 25.2. The van der Waals surface area contributed by atoms with Gasteiger partial charge < -0.3 is 25.0 Å². The number of Topliss-reactive ketones (excluding diaryl/α,β-unsaturated/α-hetero) is 1. The van der Waals surface area contributed by atoms with E-state index in [1.165, 1.54) is 11.0 Å². The minimum absolute atomic E-state index is 0.124. The number of benzene rings is 1. The summed E-state index contributed by atoms with van der Waals surface area (Å²) in [6.45, 7) is 10.9. The van der Waals surface area contributed by atoms with Gasteiger partial charge in [-0.2, -0.15) is 0 Å². The summed E-state index contributed by atoms with van der Waals surface area (Å²) in [6, 6.07) is 7.37.